The van der Waals surface area contributed by atoms with Crippen molar-refractivity contribution in [1.29, 1.82) is 0 Å². The predicted octanol–water partition coefficient (Wildman–Crippen LogP) is 3.86. The molecule has 6 heteroatoms. The Hall–Kier alpha value is -2.34. The van der Waals surface area contributed by atoms with Gasteiger partial charge in [-0.05, 0) is 52.2 Å². The van der Waals surface area contributed by atoms with Crippen LogP contribution in [0.5, 0.6) is 5.75 Å². The number of nitrogens with zero attached hydrogens (tertiary/aromatic N) is 1. The van der Waals surface area contributed by atoms with Crippen LogP contribution in [-0.2, 0) is 22.5 Å². The second kappa shape index (κ2) is 8.35. The van der Waals surface area contributed by atoms with Crippen molar-refractivity contribution in [3.05, 3.63) is 38.7 Å². The van der Waals surface area contributed by atoms with Gasteiger partial charge in [-0.3, -0.25) is 9.69 Å². The monoisotopic (exact) mass is 387 g/mol. The van der Waals surface area contributed by atoms with Crippen molar-refractivity contribution in [3.63, 3.8) is 0 Å². The fourth-order valence-electron chi connectivity index (χ4n) is 3.75. The molecule has 0 unspecified atom stereocenters. The molecule has 0 radical (unpaired) electrons. The first-order valence-corrected chi connectivity index (χ1v) is 9.98. The molecule has 152 valence electrons. The summed E-state index contributed by atoms with van der Waals surface area (Å²) in [6.45, 7) is 11.7. The van der Waals surface area contributed by atoms with Gasteiger partial charge in [0, 0.05) is 41.1 Å². The third kappa shape index (κ3) is 3.78. The lowest BCUT2D eigenvalue weighted by Gasteiger charge is -2.34. The van der Waals surface area contributed by atoms with E-state index in [9.17, 15) is 9.59 Å². The summed E-state index contributed by atoms with van der Waals surface area (Å²) in [5.74, 6) is 0.509. The maximum absolute atomic E-state index is 12.6. The van der Waals surface area contributed by atoms with Crippen molar-refractivity contribution >= 4 is 16.9 Å². The molecule has 0 saturated carbocycles. The quantitative estimate of drug-likeness (QED) is 0.554. The molecule has 0 bridgehead atoms. The van der Waals surface area contributed by atoms with Gasteiger partial charge in [-0.25, -0.2) is 4.79 Å². The van der Waals surface area contributed by atoms with Crippen LogP contribution in [0.1, 0.15) is 55.9 Å². The lowest BCUT2D eigenvalue weighted by Crippen LogP contribution is -2.38. The number of fused-ring (bicyclic) bond motifs is 2. The third-order valence-electron chi connectivity index (χ3n) is 5.68. The summed E-state index contributed by atoms with van der Waals surface area (Å²) in [7, 11) is 0. The molecule has 2 aromatic rings. The molecular weight excluding hydrogens is 358 g/mol. The predicted molar refractivity (Wildman–Crippen MR) is 108 cm³/mol. The second-order valence-electron chi connectivity index (χ2n) is 7.44. The first-order valence-electron chi connectivity index (χ1n) is 9.98. The van der Waals surface area contributed by atoms with Crippen LogP contribution in [0, 0.1) is 13.8 Å². The highest BCUT2D eigenvalue weighted by Gasteiger charge is 2.25. The molecule has 1 aliphatic heterocycles. The van der Waals surface area contributed by atoms with Gasteiger partial charge >= 0.3 is 11.6 Å². The Morgan fingerprint density at radius 1 is 1.29 bits per heavy atom. The number of aryl methyl sites for hydroxylation is 2. The number of esters is 1. The lowest BCUT2D eigenvalue weighted by molar-refractivity contribution is -0.143. The summed E-state index contributed by atoms with van der Waals surface area (Å²) < 4.78 is 16.6. The highest BCUT2D eigenvalue weighted by molar-refractivity contribution is 5.87. The average molecular weight is 387 g/mol. The second-order valence-corrected chi connectivity index (χ2v) is 7.44. The smallest absolute Gasteiger partial charge is 0.339 e. The summed E-state index contributed by atoms with van der Waals surface area (Å²) in [5.41, 5.74) is 3.53. The normalized spacial score (nSPS) is 15.2. The van der Waals surface area contributed by atoms with Crippen LogP contribution in [0.25, 0.3) is 11.0 Å². The molecule has 6 nitrogen and oxygen atoms in total. The molecule has 3 rings (SSSR count). The molecule has 28 heavy (non-hydrogen) atoms. The summed E-state index contributed by atoms with van der Waals surface area (Å²) >= 11 is 0. The minimum absolute atomic E-state index is 0.166. The van der Waals surface area contributed by atoms with E-state index in [0.717, 1.165) is 40.8 Å². The maximum atomic E-state index is 12.6. The van der Waals surface area contributed by atoms with Crippen molar-refractivity contribution in [1.82, 2.24) is 4.90 Å². The van der Waals surface area contributed by atoms with E-state index in [-0.39, 0.29) is 12.4 Å². The van der Waals surface area contributed by atoms with Crippen LogP contribution < -0.4 is 10.4 Å². The molecule has 0 amide bonds. The van der Waals surface area contributed by atoms with Crippen molar-refractivity contribution in [3.8, 4) is 5.75 Å². The zero-order valence-electron chi connectivity index (χ0n) is 17.4. The molecule has 1 aromatic heterocycles. The van der Waals surface area contributed by atoms with Crippen LogP contribution in [0.2, 0.25) is 0 Å². The minimum atomic E-state index is -0.394. The van der Waals surface area contributed by atoms with Crippen LogP contribution in [0.3, 0.4) is 0 Å². The summed E-state index contributed by atoms with van der Waals surface area (Å²) in [5, 5.41) is 0.907. The first-order chi connectivity index (χ1) is 13.4. The van der Waals surface area contributed by atoms with Gasteiger partial charge in [0.25, 0.3) is 0 Å². The Bertz CT molecular complexity index is 946. The van der Waals surface area contributed by atoms with Crippen LogP contribution in [0.4, 0.5) is 0 Å². The summed E-state index contributed by atoms with van der Waals surface area (Å²) in [6.07, 6.45) is 1.53. The van der Waals surface area contributed by atoms with Gasteiger partial charge in [-0.1, -0.05) is 6.92 Å². The van der Waals surface area contributed by atoms with Gasteiger partial charge in [-0.2, -0.15) is 0 Å². The Morgan fingerprint density at radius 2 is 2.04 bits per heavy atom. The van der Waals surface area contributed by atoms with Crippen molar-refractivity contribution in [2.75, 3.05) is 13.3 Å². The van der Waals surface area contributed by atoms with Crippen LogP contribution in [-0.4, -0.2) is 30.2 Å². The number of benzene rings is 1. The van der Waals surface area contributed by atoms with Crippen molar-refractivity contribution in [2.45, 2.75) is 66.5 Å². The van der Waals surface area contributed by atoms with Crippen LogP contribution >= 0.6 is 0 Å². The third-order valence-corrected chi connectivity index (χ3v) is 5.68. The van der Waals surface area contributed by atoms with Crippen LogP contribution in [0.15, 0.2) is 15.3 Å². The number of ether oxygens (including phenoxy) is 2. The maximum Gasteiger partial charge on any atom is 0.339 e. The van der Waals surface area contributed by atoms with Crippen molar-refractivity contribution < 1.29 is 18.7 Å². The molecule has 2 heterocycles. The minimum Gasteiger partial charge on any atom is -0.477 e. The van der Waals surface area contributed by atoms with Gasteiger partial charge in [0.1, 0.15) is 18.1 Å². The standard InChI is InChI=1S/C22H29NO5/c1-6-13(3)23-11-16-10-18-14(4)17(8-9-19(24)26-7-2)22(25)28-21(18)15(5)20(16)27-12-23/h10,13H,6-9,11-12H2,1-5H3/t13-/m0/s1. The summed E-state index contributed by atoms with van der Waals surface area (Å²) in [6, 6.07) is 2.50. The number of hydrogen-bond acceptors (Lipinski definition) is 6. The SMILES string of the molecule is CCOC(=O)CCc1c(C)c2cc3c(c(C)c2oc1=O)OCN([C@@H](C)CC)C3. The Kier molecular flexibility index (Phi) is 6.08. The van der Waals surface area contributed by atoms with E-state index >= 15 is 0 Å². The van der Waals surface area contributed by atoms with Crippen molar-refractivity contribution in [2.24, 2.45) is 0 Å². The fourth-order valence-corrected chi connectivity index (χ4v) is 3.75. The van der Waals surface area contributed by atoms with Gasteiger partial charge in [0.05, 0.1) is 6.61 Å². The Balaban J connectivity index is 2.02. The van der Waals surface area contributed by atoms with Gasteiger partial charge in [0.2, 0.25) is 0 Å². The molecule has 0 aliphatic carbocycles. The molecule has 0 N–H and O–H groups in total. The average Bonchev–Trinajstić information content (AvgIpc) is 2.68. The molecule has 0 saturated heterocycles. The van der Waals surface area contributed by atoms with Gasteiger partial charge in [-0.15, -0.1) is 0 Å². The number of rotatable bonds is 6. The lowest BCUT2D eigenvalue weighted by atomic mass is 9.97. The molecule has 0 fully saturated rings. The van der Waals surface area contributed by atoms with E-state index in [4.69, 9.17) is 13.9 Å². The van der Waals surface area contributed by atoms with E-state index in [1.807, 2.05) is 13.8 Å². The Morgan fingerprint density at radius 3 is 2.71 bits per heavy atom. The molecule has 0 spiro atoms. The Labute approximate surface area is 165 Å². The van der Waals surface area contributed by atoms with E-state index in [1.54, 1.807) is 6.92 Å². The van der Waals surface area contributed by atoms with E-state index < -0.39 is 5.63 Å². The largest absolute Gasteiger partial charge is 0.477 e. The number of carbonyl (C=O) groups is 1. The highest BCUT2D eigenvalue weighted by atomic mass is 16.5. The number of hydrogen-bond donors (Lipinski definition) is 0. The highest BCUT2D eigenvalue weighted by Crippen LogP contribution is 2.36. The fraction of sp³-hybridized carbons (Fsp3) is 0.545. The topological polar surface area (TPSA) is 69.0 Å². The van der Waals surface area contributed by atoms with E-state index in [0.29, 0.717) is 36.9 Å². The molecule has 1 aliphatic rings. The molecule has 1 atom stereocenters. The van der Waals surface area contributed by atoms with E-state index in [2.05, 4.69) is 24.8 Å². The first kappa shape index (κ1) is 20.4. The van der Waals surface area contributed by atoms with E-state index in [1.165, 1.54) is 0 Å². The summed E-state index contributed by atoms with van der Waals surface area (Å²) in [4.78, 5) is 26.6. The van der Waals surface area contributed by atoms with Gasteiger partial charge in [0.15, 0.2) is 0 Å². The number of carbonyl (C=O) groups excluding carboxylic acids is 1. The molecular formula is C22H29NO5. The zero-order chi connectivity index (χ0) is 20.4. The zero-order valence-corrected chi connectivity index (χ0v) is 17.4. The molecule has 1 aromatic carbocycles. The van der Waals surface area contributed by atoms with Gasteiger partial charge < -0.3 is 13.9 Å².